The summed E-state index contributed by atoms with van der Waals surface area (Å²) in [7, 11) is -3.98. The number of halogens is 1. The number of aliphatic hydroxyl groups excluding tert-OH is 1. The van der Waals surface area contributed by atoms with Crippen LogP contribution in [0, 0.1) is 6.92 Å². The number of hydrogen-bond acceptors (Lipinski definition) is 6. The Morgan fingerprint density at radius 3 is 2.27 bits per heavy atom. The maximum absolute atomic E-state index is 13.7. The molecule has 10 heteroatoms. The first kappa shape index (κ1) is 34.8. The number of carboxylic acids is 1. The molecule has 0 aromatic heterocycles. The van der Waals surface area contributed by atoms with Crippen molar-refractivity contribution in [3.63, 3.8) is 0 Å². The van der Waals surface area contributed by atoms with Gasteiger partial charge in [-0.15, -0.1) is 0 Å². The van der Waals surface area contributed by atoms with Crippen LogP contribution in [0.3, 0.4) is 0 Å². The lowest BCUT2D eigenvalue weighted by atomic mass is 10.0. The molecular formula is C34H40ClNO7S. The highest BCUT2D eigenvalue weighted by atomic mass is 35.5. The van der Waals surface area contributed by atoms with E-state index < -0.39 is 39.6 Å². The van der Waals surface area contributed by atoms with Crippen LogP contribution in [-0.4, -0.2) is 53.8 Å². The van der Waals surface area contributed by atoms with Crippen LogP contribution in [0.2, 0.25) is 5.02 Å². The molecule has 2 N–H and O–H groups in total. The van der Waals surface area contributed by atoms with Crippen molar-refractivity contribution in [1.29, 1.82) is 0 Å². The van der Waals surface area contributed by atoms with Crippen LogP contribution in [0.5, 0.6) is 0 Å². The van der Waals surface area contributed by atoms with Crippen molar-refractivity contribution in [1.82, 2.24) is 4.90 Å². The number of carboxylic acid groups (broad SMARTS) is 1. The van der Waals surface area contributed by atoms with Crippen LogP contribution in [0.25, 0.3) is 6.08 Å². The Morgan fingerprint density at radius 2 is 1.70 bits per heavy atom. The zero-order valence-corrected chi connectivity index (χ0v) is 27.4. The van der Waals surface area contributed by atoms with Gasteiger partial charge in [-0.1, -0.05) is 60.5 Å². The van der Waals surface area contributed by atoms with Gasteiger partial charge < -0.3 is 19.8 Å². The highest BCUT2D eigenvalue weighted by molar-refractivity contribution is 7.91. The summed E-state index contributed by atoms with van der Waals surface area (Å²) in [6, 6.07) is 17.6. The predicted octanol–water partition coefficient (Wildman–Crippen LogP) is 7.26. The summed E-state index contributed by atoms with van der Waals surface area (Å²) < 4.78 is 33.0. The molecule has 0 saturated heterocycles. The number of rotatable bonds is 11. The highest BCUT2D eigenvalue weighted by Gasteiger charge is 2.29. The van der Waals surface area contributed by atoms with Crippen molar-refractivity contribution in [3.05, 3.63) is 99.6 Å². The minimum absolute atomic E-state index is 0.0162. The summed E-state index contributed by atoms with van der Waals surface area (Å²) in [6.45, 7) is 10.6. The Bertz CT molecular complexity index is 1630. The zero-order chi connectivity index (χ0) is 32.8. The molecule has 0 fully saturated rings. The van der Waals surface area contributed by atoms with E-state index in [2.05, 4.69) is 0 Å². The van der Waals surface area contributed by atoms with Gasteiger partial charge in [0.2, 0.25) is 9.84 Å². The van der Waals surface area contributed by atoms with Crippen LogP contribution >= 0.6 is 11.6 Å². The van der Waals surface area contributed by atoms with E-state index in [1.165, 1.54) is 29.2 Å². The average Bonchev–Trinajstić information content (AvgIpc) is 2.93. The van der Waals surface area contributed by atoms with Crippen LogP contribution in [0.1, 0.15) is 69.4 Å². The molecule has 0 radical (unpaired) electrons. The fourth-order valence-corrected chi connectivity index (χ4v) is 6.29. The van der Waals surface area contributed by atoms with Crippen molar-refractivity contribution in [2.75, 3.05) is 6.54 Å². The van der Waals surface area contributed by atoms with E-state index >= 15 is 0 Å². The number of aliphatic hydroxyl groups is 1. The van der Waals surface area contributed by atoms with Crippen molar-refractivity contribution in [3.8, 4) is 0 Å². The number of carbonyl (C=O) groups is 2. The molecule has 3 rings (SSSR count). The highest BCUT2D eigenvalue weighted by Crippen LogP contribution is 2.28. The Labute approximate surface area is 264 Å². The van der Waals surface area contributed by atoms with Crippen LogP contribution in [0.4, 0.5) is 4.79 Å². The molecular weight excluding hydrogens is 602 g/mol. The van der Waals surface area contributed by atoms with Gasteiger partial charge in [-0.3, -0.25) is 0 Å². The second-order valence-corrected chi connectivity index (χ2v) is 14.1. The van der Waals surface area contributed by atoms with Gasteiger partial charge in [-0.2, -0.15) is 0 Å². The standard InChI is InChI=1S/C34H40ClNO7S/c1-7-25(32(38)39)19-27-17-22(2)11-16-31(27)44(41,42)29-14-12-24(13-15-29)18-23(3)36(33(40)43-34(4,5)6)21-30(37)26-9-8-10-28(35)20-26/h8-17,19-20,23,30,37H,7,18,21H2,1-6H3,(H,38,39)/t23-,30+/m1/s1. The van der Waals surface area contributed by atoms with Gasteiger partial charge in [-0.25, -0.2) is 18.0 Å². The number of carbonyl (C=O) groups excluding carboxylic acids is 1. The van der Waals surface area contributed by atoms with E-state index in [0.717, 1.165) is 11.1 Å². The summed E-state index contributed by atoms with van der Waals surface area (Å²) in [5.41, 5.74) is 1.80. The Morgan fingerprint density at radius 1 is 1.05 bits per heavy atom. The molecule has 8 nitrogen and oxygen atoms in total. The zero-order valence-electron chi connectivity index (χ0n) is 25.9. The SMILES string of the molecule is CCC(=Cc1cc(C)ccc1S(=O)(=O)c1ccc(C[C@@H](C)N(C[C@H](O)c2cccc(Cl)c2)C(=O)OC(C)(C)C)cc1)C(=O)O. The van der Waals surface area contributed by atoms with Crippen LogP contribution < -0.4 is 0 Å². The normalized spacial score (nSPS) is 13.7. The number of nitrogens with zero attached hydrogens (tertiary/aromatic N) is 1. The van der Waals surface area contributed by atoms with Gasteiger partial charge in [0.1, 0.15) is 5.60 Å². The molecule has 0 heterocycles. The molecule has 0 spiro atoms. The first-order valence-electron chi connectivity index (χ1n) is 14.3. The van der Waals surface area contributed by atoms with Crippen LogP contribution in [-0.2, 0) is 25.8 Å². The molecule has 3 aromatic rings. The number of benzene rings is 3. The third-order valence-corrected chi connectivity index (χ3v) is 9.05. The molecule has 0 bridgehead atoms. The lowest BCUT2D eigenvalue weighted by molar-refractivity contribution is -0.132. The maximum Gasteiger partial charge on any atom is 0.410 e. The van der Waals surface area contributed by atoms with E-state index in [9.17, 15) is 28.2 Å². The van der Waals surface area contributed by atoms with E-state index in [4.69, 9.17) is 16.3 Å². The van der Waals surface area contributed by atoms with E-state index in [-0.39, 0.29) is 28.3 Å². The summed E-state index contributed by atoms with van der Waals surface area (Å²) in [4.78, 5) is 26.3. The van der Waals surface area contributed by atoms with E-state index in [0.29, 0.717) is 22.6 Å². The molecule has 1 amide bonds. The van der Waals surface area contributed by atoms with Gasteiger partial charge in [-0.05, 0) is 101 Å². The maximum atomic E-state index is 13.7. The largest absolute Gasteiger partial charge is 0.478 e. The van der Waals surface area contributed by atoms with Gasteiger partial charge >= 0.3 is 12.1 Å². The quantitative estimate of drug-likeness (QED) is 0.211. The summed E-state index contributed by atoms with van der Waals surface area (Å²) in [6.07, 6.45) is 0.410. The molecule has 3 aromatic carbocycles. The predicted molar refractivity (Wildman–Crippen MR) is 171 cm³/mol. The molecule has 0 saturated carbocycles. The molecule has 0 aliphatic carbocycles. The lowest BCUT2D eigenvalue weighted by Crippen LogP contribution is -2.45. The number of aliphatic carboxylic acids is 1. The molecule has 0 aliphatic heterocycles. The first-order chi connectivity index (χ1) is 20.5. The van der Waals surface area contributed by atoms with Crippen molar-refractivity contribution < 1.29 is 33.0 Å². The van der Waals surface area contributed by atoms with Gasteiger partial charge in [0.25, 0.3) is 0 Å². The molecule has 0 aliphatic rings. The number of ether oxygens (including phenoxy) is 1. The minimum Gasteiger partial charge on any atom is -0.478 e. The Kier molecular flexibility index (Phi) is 11.4. The van der Waals surface area contributed by atoms with Crippen LogP contribution in [0.15, 0.2) is 82.1 Å². The number of aryl methyl sites for hydroxylation is 1. The van der Waals surface area contributed by atoms with Gasteiger partial charge in [0, 0.05) is 16.6 Å². The monoisotopic (exact) mass is 641 g/mol. The number of amides is 1. The summed E-state index contributed by atoms with van der Waals surface area (Å²) in [5, 5.41) is 20.9. The van der Waals surface area contributed by atoms with E-state index in [1.54, 1.807) is 76.2 Å². The number of hydrogen-bond donors (Lipinski definition) is 2. The summed E-state index contributed by atoms with van der Waals surface area (Å²) in [5.74, 6) is -1.10. The molecule has 2 atom stereocenters. The molecule has 236 valence electrons. The third kappa shape index (κ3) is 9.17. The smallest absolute Gasteiger partial charge is 0.410 e. The topological polar surface area (TPSA) is 121 Å². The second-order valence-electron chi connectivity index (χ2n) is 11.8. The second kappa shape index (κ2) is 14.4. The van der Waals surface area contributed by atoms with E-state index in [1.807, 2.05) is 13.8 Å². The minimum atomic E-state index is -3.98. The Balaban J connectivity index is 1.88. The molecule has 44 heavy (non-hydrogen) atoms. The fraction of sp³-hybridized carbons (Fsp3) is 0.353. The van der Waals surface area contributed by atoms with Crippen molar-refractivity contribution in [2.45, 2.75) is 81.9 Å². The van der Waals surface area contributed by atoms with Gasteiger partial charge in [0.05, 0.1) is 22.4 Å². The first-order valence-corrected chi connectivity index (χ1v) is 16.2. The number of sulfone groups is 1. The van der Waals surface area contributed by atoms with Crippen molar-refractivity contribution in [2.24, 2.45) is 0 Å². The fourth-order valence-electron chi connectivity index (χ4n) is 4.67. The van der Waals surface area contributed by atoms with Gasteiger partial charge in [0.15, 0.2) is 0 Å². The third-order valence-electron chi connectivity index (χ3n) is 6.97. The Hall–Kier alpha value is -3.66. The average molecular weight is 642 g/mol. The molecule has 0 unspecified atom stereocenters. The van der Waals surface area contributed by atoms with Crippen molar-refractivity contribution >= 4 is 39.6 Å². The lowest BCUT2D eigenvalue weighted by Gasteiger charge is -2.33. The summed E-state index contributed by atoms with van der Waals surface area (Å²) >= 11 is 6.10.